The Labute approximate surface area is 49.3 Å². The molecule has 1 aliphatic heterocycles. The van der Waals surface area contributed by atoms with Crippen LogP contribution in [-0.2, 0) is 0 Å². The quantitative estimate of drug-likeness (QED) is 0.498. The highest BCUT2D eigenvalue weighted by Crippen LogP contribution is 2.13. The first kappa shape index (κ1) is 6.02. The van der Waals surface area contributed by atoms with Crippen LogP contribution in [0, 0.1) is 5.92 Å². The Morgan fingerprint density at radius 2 is 2.38 bits per heavy atom. The van der Waals surface area contributed by atoms with Crippen LogP contribution in [0.4, 0.5) is 4.39 Å². The molecule has 0 unspecified atom stereocenters. The predicted octanol–water partition coefficient (Wildman–Crippen LogP) is 0.954. The van der Waals surface area contributed by atoms with Gasteiger partial charge in [-0.1, -0.05) is 6.92 Å². The monoisotopic (exact) mass is 117 g/mol. The largest absolute Gasteiger partial charge is 0.314 e. The van der Waals surface area contributed by atoms with Crippen molar-refractivity contribution in [3.05, 3.63) is 0 Å². The second-order valence-electron chi connectivity index (χ2n) is 2.49. The van der Waals surface area contributed by atoms with Crippen LogP contribution in [0.25, 0.3) is 0 Å². The molecule has 0 aromatic rings. The zero-order chi connectivity index (χ0) is 5.98. The zero-order valence-corrected chi connectivity index (χ0v) is 5.15. The highest BCUT2D eigenvalue weighted by atomic mass is 19.1. The Morgan fingerprint density at radius 1 is 1.62 bits per heavy atom. The summed E-state index contributed by atoms with van der Waals surface area (Å²) in [5.74, 6) is 0.274. The van der Waals surface area contributed by atoms with Gasteiger partial charge in [0.2, 0.25) is 0 Å². The van der Waals surface area contributed by atoms with Crippen LogP contribution >= 0.6 is 0 Å². The lowest BCUT2D eigenvalue weighted by molar-refractivity contribution is 0.194. The second-order valence-corrected chi connectivity index (χ2v) is 2.49. The van der Waals surface area contributed by atoms with E-state index in [0.717, 1.165) is 13.0 Å². The zero-order valence-electron chi connectivity index (χ0n) is 5.15. The van der Waals surface area contributed by atoms with Gasteiger partial charge in [0, 0.05) is 6.54 Å². The first-order chi connectivity index (χ1) is 3.80. The molecular formula is C6H12FN. The number of hydrogen-bond acceptors (Lipinski definition) is 1. The second kappa shape index (κ2) is 2.44. The first-order valence-corrected chi connectivity index (χ1v) is 3.15. The van der Waals surface area contributed by atoms with Gasteiger partial charge in [0.15, 0.2) is 0 Å². The summed E-state index contributed by atoms with van der Waals surface area (Å²) in [5, 5.41) is 2.99. The number of halogens is 1. The van der Waals surface area contributed by atoms with Crippen LogP contribution in [-0.4, -0.2) is 19.3 Å². The molecule has 1 rings (SSSR count). The van der Waals surface area contributed by atoms with Gasteiger partial charge in [0.25, 0.3) is 0 Å². The fourth-order valence-corrected chi connectivity index (χ4v) is 0.952. The van der Waals surface area contributed by atoms with Crippen molar-refractivity contribution in [1.82, 2.24) is 5.32 Å². The number of rotatable bonds is 0. The van der Waals surface area contributed by atoms with E-state index in [1.807, 2.05) is 6.92 Å². The Kier molecular flexibility index (Phi) is 1.84. The van der Waals surface area contributed by atoms with E-state index in [1.165, 1.54) is 0 Å². The van der Waals surface area contributed by atoms with E-state index in [2.05, 4.69) is 5.32 Å². The SMILES string of the molecule is C[C@@H]1CCNC[C@H]1F. The van der Waals surface area contributed by atoms with Crippen LogP contribution in [0.1, 0.15) is 13.3 Å². The normalized spacial score (nSPS) is 39.8. The fourth-order valence-electron chi connectivity index (χ4n) is 0.952. The van der Waals surface area contributed by atoms with Crippen LogP contribution in [0.2, 0.25) is 0 Å². The minimum atomic E-state index is -0.608. The van der Waals surface area contributed by atoms with Crippen molar-refractivity contribution < 1.29 is 4.39 Å². The summed E-state index contributed by atoms with van der Waals surface area (Å²) in [4.78, 5) is 0. The maximum Gasteiger partial charge on any atom is 0.115 e. The molecule has 0 aliphatic carbocycles. The lowest BCUT2D eigenvalue weighted by Gasteiger charge is -2.22. The third-order valence-corrected chi connectivity index (χ3v) is 1.73. The molecule has 2 atom stereocenters. The molecule has 1 fully saturated rings. The van der Waals surface area contributed by atoms with E-state index >= 15 is 0 Å². The average Bonchev–Trinajstić information content (AvgIpc) is 1.77. The van der Waals surface area contributed by atoms with Crippen molar-refractivity contribution in [2.45, 2.75) is 19.5 Å². The molecule has 8 heavy (non-hydrogen) atoms. The maximum atomic E-state index is 12.5. The van der Waals surface area contributed by atoms with Crippen LogP contribution in [0.3, 0.4) is 0 Å². The third-order valence-electron chi connectivity index (χ3n) is 1.73. The molecule has 0 amide bonds. The number of hydrogen-bond donors (Lipinski definition) is 1. The minimum Gasteiger partial charge on any atom is -0.314 e. The molecule has 0 aromatic heterocycles. The Bertz CT molecular complexity index is 64.9. The van der Waals surface area contributed by atoms with Gasteiger partial charge in [-0.3, -0.25) is 0 Å². The number of nitrogens with one attached hydrogen (secondary N) is 1. The van der Waals surface area contributed by atoms with Gasteiger partial charge < -0.3 is 5.32 Å². The molecule has 1 nitrogen and oxygen atoms in total. The third kappa shape index (κ3) is 1.19. The highest BCUT2D eigenvalue weighted by molar-refractivity contribution is 4.73. The molecule has 0 spiro atoms. The molecule has 0 saturated carbocycles. The van der Waals surface area contributed by atoms with E-state index in [0.29, 0.717) is 6.54 Å². The van der Waals surface area contributed by atoms with Gasteiger partial charge in [-0.05, 0) is 18.9 Å². The molecule has 0 aromatic carbocycles. The Hall–Kier alpha value is -0.110. The summed E-state index contributed by atoms with van der Waals surface area (Å²) in [6, 6.07) is 0. The van der Waals surface area contributed by atoms with Gasteiger partial charge in [0.05, 0.1) is 0 Å². The lowest BCUT2D eigenvalue weighted by atomic mass is 9.99. The summed E-state index contributed by atoms with van der Waals surface area (Å²) in [6.07, 6.45) is 0.380. The molecule has 1 N–H and O–H groups in total. The van der Waals surface area contributed by atoms with E-state index in [-0.39, 0.29) is 5.92 Å². The first-order valence-electron chi connectivity index (χ1n) is 3.15. The van der Waals surface area contributed by atoms with E-state index in [4.69, 9.17) is 0 Å². The van der Waals surface area contributed by atoms with Gasteiger partial charge in [-0.2, -0.15) is 0 Å². The maximum absolute atomic E-state index is 12.5. The molecule has 48 valence electrons. The molecule has 0 radical (unpaired) electrons. The standard InChI is InChI=1S/C6H12FN/c1-5-2-3-8-4-6(5)7/h5-6,8H,2-4H2,1H3/t5-,6-/m1/s1. The molecule has 1 aliphatic rings. The van der Waals surface area contributed by atoms with Gasteiger partial charge in [-0.25, -0.2) is 4.39 Å². The molecule has 2 heteroatoms. The Balaban J connectivity index is 2.28. The van der Waals surface area contributed by atoms with Crippen molar-refractivity contribution >= 4 is 0 Å². The van der Waals surface area contributed by atoms with Gasteiger partial charge >= 0.3 is 0 Å². The average molecular weight is 117 g/mol. The molecule has 1 heterocycles. The smallest absolute Gasteiger partial charge is 0.115 e. The van der Waals surface area contributed by atoms with Crippen LogP contribution in [0.15, 0.2) is 0 Å². The van der Waals surface area contributed by atoms with E-state index in [9.17, 15) is 4.39 Å². The summed E-state index contributed by atoms with van der Waals surface area (Å²) in [7, 11) is 0. The van der Waals surface area contributed by atoms with Crippen molar-refractivity contribution in [2.75, 3.05) is 13.1 Å². The number of alkyl halides is 1. The molecule has 0 bridgehead atoms. The van der Waals surface area contributed by atoms with Crippen molar-refractivity contribution in [3.63, 3.8) is 0 Å². The fraction of sp³-hybridized carbons (Fsp3) is 1.00. The van der Waals surface area contributed by atoms with E-state index in [1.54, 1.807) is 0 Å². The van der Waals surface area contributed by atoms with Gasteiger partial charge in [-0.15, -0.1) is 0 Å². The minimum absolute atomic E-state index is 0.274. The van der Waals surface area contributed by atoms with Crippen molar-refractivity contribution in [1.29, 1.82) is 0 Å². The number of piperidine rings is 1. The molecular weight excluding hydrogens is 105 g/mol. The molecule has 1 saturated heterocycles. The summed E-state index contributed by atoms with van der Waals surface area (Å²) in [5.41, 5.74) is 0. The van der Waals surface area contributed by atoms with Crippen LogP contribution in [0.5, 0.6) is 0 Å². The lowest BCUT2D eigenvalue weighted by Crippen LogP contribution is -2.36. The van der Waals surface area contributed by atoms with Crippen molar-refractivity contribution in [2.24, 2.45) is 5.92 Å². The highest BCUT2D eigenvalue weighted by Gasteiger charge is 2.18. The Morgan fingerprint density at radius 3 is 2.75 bits per heavy atom. The topological polar surface area (TPSA) is 12.0 Å². The predicted molar refractivity (Wildman–Crippen MR) is 31.5 cm³/mol. The summed E-state index contributed by atoms with van der Waals surface area (Å²) in [6.45, 7) is 3.51. The van der Waals surface area contributed by atoms with Gasteiger partial charge in [0.1, 0.15) is 6.17 Å². The summed E-state index contributed by atoms with van der Waals surface area (Å²) < 4.78 is 12.5. The van der Waals surface area contributed by atoms with Crippen molar-refractivity contribution in [3.8, 4) is 0 Å². The van der Waals surface area contributed by atoms with E-state index < -0.39 is 6.17 Å². The van der Waals surface area contributed by atoms with Crippen LogP contribution < -0.4 is 5.32 Å². The summed E-state index contributed by atoms with van der Waals surface area (Å²) >= 11 is 0.